The van der Waals surface area contributed by atoms with Gasteiger partial charge < -0.3 is 4.74 Å². The maximum atomic E-state index is 12.3. The Bertz CT molecular complexity index is 553. The lowest BCUT2D eigenvalue weighted by molar-refractivity contribution is 0.0203. The van der Waals surface area contributed by atoms with Crippen molar-refractivity contribution in [3.05, 3.63) is 29.8 Å². The molecule has 1 saturated heterocycles. The van der Waals surface area contributed by atoms with Gasteiger partial charge in [0.2, 0.25) is 0 Å². The molecule has 1 heterocycles. The predicted molar refractivity (Wildman–Crippen MR) is 68.6 cm³/mol. The van der Waals surface area contributed by atoms with E-state index in [1.807, 2.05) is 6.92 Å². The van der Waals surface area contributed by atoms with Crippen LogP contribution in [0.3, 0.4) is 0 Å². The summed E-state index contributed by atoms with van der Waals surface area (Å²) in [7, 11) is -5.25. The molecule has 0 amide bonds. The van der Waals surface area contributed by atoms with Crippen LogP contribution in [-0.4, -0.2) is 34.9 Å². The maximum absolute atomic E-state index is 12.3. The van der Waals surface area contributed by atoms with E-state index in [4.69, 9.17) is 4.74 Å². The molecule has 0 N–H and O–H groups in total. The fourth-order valence-corrected chi connectivity index (χ4v) is 5.00. The van der Waals surface area contributed by atoms with Gasteiger partial charge in [-0.25, -0.2) is 12.6 Å². The van der Waals surface area contributed by atoms with Crippen LogP contribution in [0.4, 0.5) is 0 Å². The Kier molecular flexibility index (Phi) is 3.86. The Labute approximate surface area is 109 Å². The van der Waals surface area contributed by atoms with Gasteiger partial charge in [-0.15, -0.1) is 0 Å². The van der Waals surface area contributed by atoms with Crippen molar-refractivity contribution in [1.82, 2.24) is 3.71 Å². The van der Waals surface area contributed by atoms with Crippen LogP contribution in [0, 0.1) is 6.92 Å². The first-order chi connectivity index (χ1) is 8.46. The summed E-state index contributed by atoms with van der Waals surface area (Å²) in [6.45, 7) is 4.04. The third kappa shape index (κ3) is 2.35. The lowest BCUT2D eigenvalue weighted by Gasteiger charge is -2.36. The number of aryl methyl sites for hydroxylation is 1. The molecule has 1 fully saturated rings. The van der Waals surface area contributed by atoms with Crippen LogP contribution in [-0.2, 0) is 25.7 Å². The monoisotopic (exact) mass is 289 g/mol. The first kappa shape index (κ1) is 13.7. The van der Waals surface area contributed by atoms with Crippen LogP contribution in [0.15, 0.2) is 29.2 Å². The van der Waals surface area contributed by atoms with E-state index in [1.54, 1.807) is 19.1 Å². The van der Waals surface area contributed by atoms with Crippen LogP contribution >= 0.6 is 0 Å². The second-order valence-corrected chi connectivity index (χ2v) is 7.39. The van der Waals surface area contributed by atoms with Crippen LogP contribution in [0.25, 0.3) is 0 Å². The molecule has 0 radical (unpaired) electrons. The summed E-state index contributed by atoms with van der Waals surface area (Å²) in [6.07, 6.45) is -0.609. The van der Waals surface area contributed by atoms with Gasteiger partial charge in [0.05, 0.1) is 10.6 Å². The van der Waals surface area contributed by atoms with Gasteiger partial charge in [0.1, 0.15) is 17.2 Å². The lowest BCUT2D eigenvalue weighted by Crippen LogP contribution is -2.56. The van der Waals surface area contributed by atoms with Crippen molar-refractivity contribution >= 4 is 21.0 Å². The minimum Gasteiger partial charge on any atom is -0.360 e. The van der Waals surface area contributed by atoms with Gasteiger partial charge >= 0.3 is 0 Å². The highest BCUT2D eigenvalue weighted by molar-refractivity contribution is 8.02. The molecule has 7 heteroatoms. The minimum absolute atomic E-state index is 0.144. The number of rotatable bonds is 4. The molecule has 1 aromatic rings. The smallest absolute Gasteiger partial charge is 0.256 e. The van der Waals surface area contributed by atoms with E-state index in [1.165, 1.54) is 12.1 Å². The lowest BCUT2D eigenvalue weighted by atomic mass is 10.2. The molecule has 2 rings (SSSR count). The van der Waals surface area contributed by atoms with E-state index in [9.17, 15) is 12.6 Å². The molecule has 1 aromatic carbocycles. The molecule has 2 atom stereocenters. The summed E-state index contributed by atoms with van der Waals surface area (Å²) in [5.41, 5.74) is 0.972. The van der Waals surface area contributed by atoms with Gasteiger partial charge in [0.25, 0.3) is 10.0 Å². The van der Waals surface area contributed by atoms with E-state index in [-0.39, 0.29) is 10.6 Å². The van der Waals surface area contributed by atoms with E-state index in [0.29, 0.717) is 6.61 Å². The quantitative estimate of drug-likeness (QED) is 0.830. The summed E-state index contributed by atoms with van der Waals surface area (Å²) in [6, 6.07) is 6.46. The van der Waals surface area contributed by atoms with Crippen LogP contribution in [0.1, 0.15) is 12.5 Å². The molecule has 0 aliphatic carbocycles. The van der Waals surface area contributed by atoms with Crippen molar-refractivity contribution in [1.29, 1.82) is 0 Å². The Hall–Kier alpha value is -0.760. The topological polar surface area (TPSA) is 63.7 Å². The average molecular weight is 289 g/mol. The number of nitrogens with zero attached hydrogens (tertiary/aromatic N) is 1. The van der Waals surface area contributed by atoms with E-state index in [0.717, 1.165) is 9.27 Å². The van der Waals surface area contributed by atoms with Gasteiger partial charge in [-0.05, 0) is 26.0 Å². The zero-order chi connectivity index (χ0) is 13.3. The van der Waals surface area contributed by atoms with Crippen LogP contribution in [0.5, 0.6) is 0 Å². The average Bonchev–Trinajstić information content (AvgIpc) is 2.28. The molecule has 18 heavy (non-hydrogen) atoms. The third-order valence-corrected chi connectivity index (χ3v) is 6.51. The Balaban J connectivity index is 2.30. The fourth-order valence-electron chi connectivity index (χ4n) is 1.68. The van der Waals surface area contributed by atoms with Crippen LogP contribution < -0.4 is 0 Å². The summed E-state index contributed by atoms with van der Waals surface area (Å²) < 4.78 is 42.3. The summed E-state index contributed by atoms with van der Waals surface area (Å²) >= 11 is 0. The van der Waals surface area contributed by atoms with Crippen molar-refractivity contribution in [3.63, 3.8) is 0 Å². The Morgan fingerprint density at radius 3 is 2.50 bits per heavy atom. The van der Waals surface area contributed by atoms with Gasteiger partial charge in [0.15, 0.2) is 0 Å². The maximum Gasteiger partial charge on any atom is 0.256 e. The summed E-state index contributed by atoms with van der Waals surface area (Å²) in [4.78, 5) is 0.144. The zero-order valence-corrected chi connectivity index (χ0v) is 11.8. The predicted octanol–water partition coefficient (Wildman–Crippen LogP) is 1.03. The number of ether oxygens (including phenoxy) is 1. The van der Waals surface area contributed by atoms with E-state index in [2.05, 4.69) is 0 Å². The molecule has 0 spiro atoms. The van der Waals surface area contributed by atoms with Crippen molar-refractivity contribution in [2.24, 2.45) is 0 Å². The van der Waals surface area contributed by atoms with Crippen LogP contribution in [0.2, 0.25) is 0 Å². The molecular weight excluding hydrogens is 274 g/mol. The number of benzene rings is 1. The van der Waals surface area contributed by atoms with Gasteiger partial charge in [0, 0.05) is 6.61 Å². The first-order valence-electron chi connectivity index (χ1n) is 5.58. The molecule has 100 valence electrons. The molecule has 5 nitrogen and oxygen atoms in total. The largest absolute Gasteiger partial charge is 0.360 e. The summed E-state index contributed by atoms with van der Waals surface area (Å²) in [5.74, 6) is 0.235. The van der Waals surface area contributed by atoms with Crippen molar-refractivity contribution < 1.29 is 17.4 Å². The molecule has 2 unspecified atom stereocenters. The Morgan fingerprint density at radius 1 is 1.39 bits per heavy atom. The third-order valence-electron chi connectivity index (χ3n) is 2.64. The van der Waals surface area contributed by atoms with Gasteiger partial charge in [-0.2, -0.15) is 0 Å². The van der Waals surface area contributed by atoms with Gasteiger partial charge in [-0.3, -0.25) is 0 Å². The van der Waals surface area contributed by atoms with Crippen molar-refractivity contribution in [3.8, 4) is 0 Å². The molecule has 0 saturated carbocycles. The zero-order valence-electron chi connectivity index (χ0n) is 10.2. The highest BCUT2D eigenvalue weighted by Gasteiger charge is 2.46. The minimum atomic E-state index is -3.73. The second kappa shape index (κ2) is 5.08. The van der Waals surface area contributed by atoms with E-state index >= 15 is 0 Å². The molecular formula is C11H15NO4S2. The fraction of sp³-hybridized carbons (Fsp3) is 0.455. The van der Waals surface area contributed by atoms with Gasteiger partial charge in [-0.1, -0.05) is 21.4 Å². The number of hydrogen-bond donors (Lipinski definition) is 0. The number of sulfonamides is 1. The SMILES string of the molecule is CCOC1CS(=O)N1S(=O)(=O)c1ccc(C)cc1. The summed E-state index contributed by atoms with van der Waals surface area (Å²) in [5, 5.41) is 0. The normalized spacial score (nSPS) is 24.8. The van der Waals surface area contributed by atoms with Crippen molar-refractivity contribution in [2.75, 3.05) is 12.4 Å². The molecule has 0 bridgehead atoms. The molecule has 1 aliphatic heterocycles. The van der Waals surface area contributed by atoms with E-state index < -0.39 is 27.2 Å². The molecule has 1 aliphatic rings. The number of hydrogen-bond acceptors (Lipinski definition) is 4. The molecule has 0 aromatic heterocycles. The first-order valence-corrected chi connectivity index (χ1v) is 8.29. The second-order valence-electron chi connectivity index (χ2n) is 3.97. The highest BCUT2D eigenvalue weighted by atomic mass is 32.3. The van der Waals surface area contributed by atoms with Crippen molar-refractivity contribution in [2.45, 2.75) is 25.0 Å². The standard InChI is InChI=1S/C11H15NO4S2/c1-3-16-11-8-17(13)12(11)18(14,15)10-6-4-9(2)5-7-10/h4-7,11H,3,8H2,1-2H3. The Morgan fingerprint density at radius 2 is 2.00 bits per heavy atom. The highest BCUT2D eigenvalue weighted by Crippen LogP contribution is 2.28.